The van der Waals surface area contributed by atoms with Gasteiger partial charge < -0.3 is 14.8 Å². The van der Waals surface area contributed by atoms with Crippen molar-refractivity contribution in [1.29, 1.82) is 0 Å². The zero-order valence-electron chi connectivity index (χ0n) is 12.9. The van der Waals surface area contributed by atoms with Crippen LogP contribution in [0.4, 0.5) is 8.78 Å². The zero-order chi connectivity index (χ0) is 18.4. The summed E-state index contributed by atoms with van der Waals surface area (Å²) >= 11 is 5.80. The molecule has 1 unspecified atom stereocenters. The summed E-state index contributed by atoms with van der Waals surface area (Å²) in [6, 6.07) is 5.27. The van der Waals surface area contributed by atoms with Gasteiger partial charge in [0.2, 0.25) is 12.3 Å². The van der Waals surface area contributed by atoms with E-state index in [0.717, 1.165) is 5.56 Å². The highest BCUT2D eigenvalue weighted by atomic mass is 35.5. The molecule has 2 rings (SSSR count). The van der Waals surface area contributed by atoms with Crippen LogP contribution >= 0.6 is 11.6 Å². The molecule has 0 aliphatic rings. The van der Waals surface area contributed by atoms with Crippen molar-refractivity contribution in [2.45, 2.75) is 31.7 Å². The van der Waals surface area contributed by atoms with Crippen LogP contribution in [0.5, 0.6) is 0 Å². The van der Waals surface area contributed by atoms with E-state index in [2.05, 4.69) is 10.3 Å². The topological polar surface area (TPSA) is 92.4 Å². The summed E-state index contributed by atoms with van der Waals surface area (Å²) in [5.74, 6) is -1.40. The average Bonchev–Trinajstić information content (AvgIpc) is 3.01. The van der Waals surface area contributed by atoms with Gasteiger partial charge in [-0.15, -0.1) is 0 Å². The van der Waals surface area contributed by atoms with E-state index in [-0.39, 0.29) is 18.7 Å². The highest BCUT2D eigenvalue weighted by Crippen LogP contribution is 2.22. The number of aliphatic carboxylic acids is 1. The Kier molecular flexibility index (Phi) is 6.46. The zero-order valence-corrected chi connectivity index (χ0v) is 13.7. The summed E-state index contributed by atoms with van der Waals surface area (Å²) in [5, 5.41) is 11.5. The number of hydrogen-bond donors (Lipinski definition) is 2. The van der Waals surface area contributed by atoms with Crippen molar-refractivity contribution in [2.75, 3.05) is 0 Å². The maximum Gasteiger partial charge on any atom is 0.326 e. The summed E-state index contributed by atoms with van der Waals surface area (Å²) in [6.07, 6.45) is -2.29. The first-order valence-electron chi connectivity index (χ1n) is 7.36. The number of hydrogen-bond acceptors (Lipinski definition) is 4. The minimum Gasteiger partial charge on any atom is -0.480 e. The van der Waals surface area contributed by atoms with E-state index in [0.29, 0.717) is 10.8 Å². The van der Waals surface area contributed by atoms with Gasteiger partial charge in [0.1, 0.15) is 6.04 Å². The fourth-order valence-electron chi connectivity index (χ4n) is 2.06. The Morgan fingerprint density at radius 3 is 2.56 bits per heavy atom. The van der Waals surface area contributed by atoms with Gasteiger partial charge in [0.05, 0.1) is 6.20 Å². The number of aryl methyl sites for hydroxylation is 1. The smallest absolute Gasteiger partial charge is 0.326 e. The van der Waals surface area contributed by atoms with E-state index in [4.69, 9.17) is 21.1 Å². The molecule has 2 aromatic rings. The molecule has 0 fully saturated rings. The molecule has 2 N–H and O–H groups in total. The molecule has 1 aromatic carbocycles. The third-order valence-electron chi connectivity index (χ3n) is 3.30. The molecule has 134 valence electrons. The Bertz CT molecular complexity index is 734. The molecule has 1 amide bonds. The molecule has 0 bridgehead atoms. The lowest BCUT2D eigenvalue weighted by Gasteiger charge is -2.13. The number of nitrogens with zero attached hydrogens (tertiary/aromatic N) is 1. The predicted molar refractivity (Wildman–Crippen MR) is 85.5 cm³/mol. The largest absolute Gasteiger partial charge is 0.480 e. The lowest BCUT2D eigenvalue weighted by Crippen LogP contribution is -2.42. The van der Waals surface area contributed by atoms with Gasteiger partial charge in [-0.05, 0) is 24.3 Å². The molecule has 0 aliphatic heterocycles. The minimum absolute atomic E-state index is 0.112. The van der Waals surface area contributed by atoms with E-state index in [1.807, 2.05) is 0 Å². The van der Waals surface area contributed by atoms with Gasteiger partial charge in [-0.25, -0.2) is 18.6 Å². The van der Waals surface area contributed by atoms with Crippen molar-refractivity contribution in [1.82, 2.24) is 10.3 Å². The number of aromatic nitrogens is 1. The van der Waals surface area contributed by atoms with Gasteiger partial charge in [-0.2, -0.15) is 0 Å². The summed E-state index contributed by atoms with van der Waals surface area (Å²) < 4.78 is 30.1. The first-order valence-corrected chi connectivity index (χ1v) is 7.74. The Balaban J connectivity index is 1.89. The number of carboxylic acid groups (broad SMARTS) is 1. The standard InChI is InChI=1S/C16H15ClF2N2O4/c17-10-3-1-9(2-4-10)12-8-20-15(25-12)6-5-14(22)21-11(16(23)24)7-13(18)19/h1-4,8,11,13H,5-7H2,(H,21,22)(H,23,24). The van der Waals surface area contributed by atoms with E-state index < -0.39 is 30.8 Å². The summed E-state index contributed by atoms with van der Waals surface area (Å²) in [5.41, 5.74) is 0.760. The first-order chi connectivity index (χ1) is 11.8. The molecule has 0 aliphatic carbocycles. The summed E-state index contributed by atoms with van der Waals surface area (Å²) in [7, 11) is 0. The number of oxazole rings is 1. The van der Waals surface area contributed by atoms with Crippen molar-refractivity contribution in [2.24, 2.45) is 0 Å². The van der Waals surface area contributed by atoms with E-state index >= 15 is 0 Å². The van der Waals surface area contributed by atoms with Crippen LogP contribution in [0, 0.1) is 0 Å². The minimum atomic E-state index is -2.82. The van der Waals surface area contributed by atoms with Crippen LogP contribution in [0.3, 0.4) is 0 Å². The number of alkyl halides is 2. The molecule has 1 aromatic heterocycles. The SMILES string of the molecule is O=C(CCc1ncc(-c2ccc(Cl)cc2)o1)NC(CC(F)F)C(=O)O. The van der Waals surface area contributed by atoms with Crippen LogP contribution in [-0.2, 0) is 16.0 Å². The number of halogens is 3. The molecule has 25 heavy (non-hydrogen) atoms. The third kappa shape index (κ3) is 5.82. The quantitative estimate of drug-likeness (QED) is 0.742. The fraction of sp³-hybridized carbons (Fsp3) is 0.312. The second-order valence-electron chi connectivity index (χ2n) is 5.21. The normalized spacial score (nSPS) is 12.2. The van der Waals surface area contributed by atoms with Crippen molar-refractivity contribution < 1.29 is 27.9 Å². The molecular weight excluding hydrogens is 358 g/mol. The van der Waals surface area contributed by atoms with E-state index in [1.165, 1.54) is 6.20 Å². The van der Waals surface area contributed by atoms with Gasteiger partial charge in [0.25, 0.3) is 0 Å². The number of carbonyl (C=O) groups is 2. The lowest BCUT2D eigenvalue weighted by molar-refractivity contribution is -0.143. The van der Waals surface area contributed by atoms with Crippen LogP contribution < -0.4 is 5.32 Å². The van der Waals surface area contributed by atoms with Gasteiger partial charge in [-0.3, -0.25) is 4.79 Å². The number of amides is 1. The molecule has 1 heterocycles. The van der Waals surface area contributed by atoms with E-state index in [1.54, 1.807) is 24.3 Å². The van der Waals surface area contributed by atoms with Gasteiger partial charge >= 0.3 is 5.97 Å². The molecule has 1 atom stereocenters. The van der Waals surface area contributed by atoms with Gasteiger partial charge in [-0.1, -0.05) is 11.6 Å². The summed E-state index contributed by atoms with van der Waals surface area (Å²) in [6.45, 7) is 0. The van der Waals surface area contributed by atoms with Gasteiger partial charge in [0.15, 0.2) is 11.7 Å². The van der Waals surface area contributed by atoms with Crippen LogP contribution in [0.1, 0.15) is 18.7 Å². The Morgan fingerprint density at radius 1 is 1.28 bits per heavy atom. The van der Waals surface area contributed by atoms with Crippen LogP contribution in [-0.4, -0.2) is 34.4 Å². The summed E-state index contributed by atoms with van der Waals surface area (Å²) in [4.78, 5) is 26.6. The number of nitrogens with one attached hydrogen (secondary N) is 1. The molecule has 9 heteroatoms. The average molecular weight is 373 g/mol. The molecule has 6 nitrogen and oxygen atoms in total. The van der Waals surface area contributed by atoms with Crippen molar-refractivity contribution in [3.05, 3.63) is 41.4 Å². The lowest BCUT2D eigenvalue weighted by atomic mass is 10.2. The van der Waals surface area contributed by atoms with Gasteiger partial charge in [0, 0.05) is 29.8 Å². The van der Waals surface area contributed by atoms with Crippen LogP contribution in [0.25, 0.3) is 11.3 Å². The van der Waals surface area contributed by atoms with Crippen molar-refractivity contribution in [3.63, 3.8) is 0 Å². The predicted octanol–water partition coefficient (Wildman–Crippen LogP) is 3.15. The highest BCUT2D eigenvalue weighted by Gasteiger charge is 2.24. The maximum atomic E-state index is 12.3. The fourth-order valence-corrected chi connectivity index (χ4v) is 2.19. The number of benzene rings is 1. The van der Waals surface area contributed by atoms with Crippen molar-refractivity contribution >= 4 is 23.5 Å². The maximum absolute atomic E-state index is 12.3. The Labute approximate surface area is 146 Å². The van der Waals surface area contributed by atoms with Crippen molar-refractivity contribution in [3.8, 4) is 11.3 Å². The molecular formula is C16H15ClF2N2O4. The Hall–Kier alpha value is -2.48. The Morgan fingerprint density at radius 2 is 1.96 bits per heavy atom. The molecule has 0 spiro atoms. The van der Waals surface area contributed by atoms with Crippen LogP contribution in [0.15, 0.2) is 34.9 Å². The first kappa shape index (κ1) is 18.9. The van der Waals surface area contributed by atoms with Crippen LogP contribution in [0.2, 0.25) is 5.02 Å². The monoisotopic (exact) mass is 372 g/mol. The highest BCUT2D eigenvalue weighted by molar-refractivity contribution is 6.30. The number of rotatable bonds is 8. The second-order valence-corrected chi connectivity index (χ2v) is 5.65. The molecule has 0 radical (unpaired) electrons. The third-order valence-corrected chi connectivity index (χ3v) is 3.55. The number of carbonyl (C=O) groups excluding carboxylic acids is 1. The molecule has 0 saturated heterocycles. The second kappa shape index (κ2) is 8.57. The molecule has 0 saturated carbocycles. The number of carboxylic acids is 1. The van der Waals surface area contributed by atoms with E-state index in [9.17, 15) is 18.4 Å².